The van der Waals surface area contributed by atoms with E-state index in [0.717, 1.165) is 5.56 Å². The topological polar surface area (TPSA) is 94.6 Å². The van der Waals surface area contributed by atoms with E-state index in [0.29, 0.717) is 27.9 Å². The van der Waals surface area contributed by atoms with E-state index in [9.17, 15) is 14.8 Å². The number of hydrogen-bond acceptors (Lipinski definition) is 5. The molecule has 1 heterocycles. The van der Waals surface area contributed by atoms with Crippen LogP contribution < -0.4 is 19.7 Å². The molecule has 0 radical (unpaired) electrons. The number of amides is 4. The van der Waals surface area contributed by atoms with E-state index in [-0.39, 0.29) is 12.6 Å². The van der Waals surface area contributed by atoms with Crippen molar-refractivity contribution in [2.45, 2.75) is 32.1 Å². The van der Waals surface area contributed by atoms with E-state index < -0.39 is 17.7 Å². The maximum Gasteiger partial charge on any atom is 0.347 e. The fourth-order valence-electron chi connectivity index (χ4n) is 4.52. The van der Waals surface area contributed by atoms with Gasteiger partial charge in [0.1, 0.15) is 0 Å². The van der Waals surface area contributed by atoms with Gasteiger partial charge in [0, 0.05) is 16.9 Å². The summed E-state index contributed by atoms with van der Waals surface area (Å²) in [4.78, 5) is 30.0. The first kappa shape index (κ1) is 24.9. The number of hydroxylamine groups is 2. The molecule has 4 amide bonds. The maximum atomic E-state index is 13.9. The highest BCUT2D eigenvalue weighted by Crippen LogP contribution is 2.41. The zero-order valence-electron chi connectivity index (χ0n) is 20.7. The number of carbonyl (C=O) groups is 2. The number of rotatable bonds is 7. The summed E-state index contributed by atoms with van der Waals surface area (Å²) in [5, 5.41) is 14.5. The Morgan fingerprint density at radius 1 is 0.972 bits per heavy atom. The minimum Gasteiger partial charge on any atom is -0.493 e. The highest BCUT2D eigenvalue weighted by Gasteiger charge is 2.56. The Kier molecular flexibility index (Phi) is 7.03. The van der Waals surface area contributed by atoms with Crippen LogP contribution in [0.2, 0.25) is 0 Å². The van der Waals surface area contributed by atoms with E-state index in [4.69, 9.17) is 9.47 Å². The summed E-state index contributed by atoms with van der Waals surface area (Å²) in [6, 6.07) is 22.1. The minimum atomic E-state index is -1.03. The number of urea groups is 2. The van der Waals surface area contributed by atoms with Gasteiger partial charge in [-0.25, -0.2) is 9.59 Å². The molecule has 0 aromatic heterocycles. The van der Waals surface area contributed by atoms with Crippen LogP contribution in [-0.4, -0.2) is 53.2 Å². The van der Waals surface area contributed by atoms with Gasteiger partial charge in [-0.1, -0.05) is 48.5 Å². The molecule has 9 nitrogen and oxygen atoms in total. The second-order valence-corrected chi connectivity index (χ2v) is 8.89. The van der Waals surface area contributed by atoms with Crippen molar-refractivity contribution in [2.24, 2.45) is 0 Å². The van der Waals surface area contributed by atoms with Gasteiger partial charge in [0.05, 0.1) is 26.3 Å². The summed E-state index contributed by atoms with van der Waals surface area (Å²) < 4.78 is 11.0. The molecule has 9 heteroatoms. The lowest BCUT2D eigenvalue weighted by Crippen LogP contribution is -2.58. The minimum absolute atomic E-state index is 0.167. The lowest BCUT2D eigenvalue weighted by atomic mass is 9.98. The summed E-state index contributed by atoms with van der Waals surface area (Å²) in [7, 11) is 3.09. The van der Waals surface area contributed by atoms with Gasteiger partial charge in [-0.2, -0.15) is 5.06 Å². The number of carbonyl (C=O) groups excluding carboxylic acids is 2. The predicted molar refractivity (Wildman–Crippen MR) is 136 cm³/mol. The largest absolute Gasteiger partial charge is 0.493 e. The summed E-state index contributed by atoms with van der Waals surface area (Å²) in [6.45, 7) is 3.79. The van der Waals surface area contributed by atoms with Crippen LogP contribution in [0.1, 0.15) is 19.4 Å². The molecule has 1 aliphatic heterocycles. The molecule has 3 aromatic carbocycles. The van der Waals surface area contributed by atoms with Crippen molar-refractivity contribution >= 4 is 23.4 Å². The molecule has 188 valence electrons. The molecule has 0 bridgehead atoms. The summed E-state index contributed by atoms with van der Waals surface area (Å²) >= 11 is 0. The highest BCUT2D eigenvalue weighted by atomic mass is 16.5. The van der Waals surface area contributed by atoms with Crippen LogP contribution in [0.25, 0.3) is 0 Å². The van der Waals surface area contributed by atoms with E-state index in [1.54, 1.807) is 73.7 Å². The Labute approximate surface area is 210 Å². The average molecular weight is 491 g/mol. The second-order valence-electron chi connectivity index (χ2n) is 8.89. The number of nitrogens with one attached hydrogen (secondary N) is 1. The molecule has 3 aromatic rings. The first-order chi connectivity index (χ1) is 17.3. The van der Waals surface area contributed by atoms with Crippen molar-refractivity contribution in [3.63, 3.8) is 0 Å². The van der Waals surface area contributed by atoms with Crippen molar-refractivity contribution in [3.8, 4) is 11.5 Å². The molecule has 0 unspecified atom stereocenters. The molecule has 1 aliphatic rings. The van der Waals surface area contributed by atoms with Gasteiger partial charge in [-0.05, 0) is 44.2 Å². The molecular formula is C27H30N4O5. The Bertz CT molecular complexity index is 1220. The third-order valence-corrected chi connectivity index (χ3v) is 6.32. The fraction of sp³-hybridized carbons (Fsp3) is 0.259. The van der Waals surface area contributed by atoms with Gasteiger partial charge in [-0.3, -0.25) is 10.1 Å². The van der Waals surface area contributed by atoms with Crippen molar-refractivity contribution in [2.75, 3.05) is 24.4 Å². The number of ether oxygens (including phenoxy) is 2. The van der Waals surface area contributed by atoms with Crippen LogP contribution >= 0.6 is 0 Å². The van der Waals surface area contributed by atoms with Gasteiger partial charge in [0.15, 0.2) is 17.7 Å². The van der Waals surface area contributed by atoms with E-state index in [2.05, 4.69) is 5.32 Å². The Morgan fingerprint density at radius 3 is 2.22 bits per heavy atom. The van der Waals surface area contributed by atoms with Crippen LogP contribution in [0.15, 0.2) is 78.9 Å². The number of hydrogen-bond donors (Lipinski definition) is 2. The van der Waals surface area contributed by atoms with E-state index in [1.165, 1.54) is 4.90 Å². The Hall–Kier alpha value is -4.24. The summed E-state index contributed by atoms with van der Waals surface area (Å²) in [5.41, 5.74) is 0.786. The smallest absolute Gasteiger partial charge is 0.347 e. The number of methoxy groups -OCH3 is 2. The summed E-state index contributed by atoms with van der Waals surface area (Å²) in [5.74, 6) is 1.06. The number of para-hydroxylation sites is 3. The van der Waals surface area contributed by atoms with Crippen LogP contribution in [0.5, 0.6) is 11.5 Å². The monoisotopic (exact) mass is 490 g/mol. The van der Waals surface area contributed by atoms with Gasteiger partial charge in [-0.15, -0.1) is 0 Å². The van der Waals surface area contributed by atoms with E-state index in [1.807, 2.05) is 38.1 Å². The average Bonchev–Trinajstić information content (AvgIpc) is 3.09. The van der Waals surface area contributed by atoms with Crippen molar-refractivity contribution in [1.82, 2.24) is 9.96 Å². The fourth-order valence-corrected chi connectivity index (χ4v) is 4.52. The van der Waals surface area contributed by atoms with Crippen molar-refractivity contribution < 1.29 is 24.3 Å². The normalized spacial score (nSPS) is 16.6. The quantitative estimate of drug-likeness (QED) is 0.352. The lowest BCUT2D eigenvalue weighted by Gasteiger charge is -2.38. The molecule has 2 N–H and O–H groups in total. The molecule has 0 spiro atoms. The molecule has 0 aliphatic carbocycles. The molecule has 36 heavy (non-hydrogen) atoms. The standard InChI is InChI=1S/C27H30N4O5/c1-27(2)24(31(34)25(32)28-20-13-7-5-8-14-20)30(21-15-9-6-10-16-21)26(33)29(27)18-19-12-11-17-22(35-3)23(19)36-4/h5-17,24,34H,18H2,1-4H3,(H,28,32)/t24-/m1/s1. The zero-order valence-corrected chi connectivity index (χ0v) is 20.7. The number of benzene rings is 3. The van der Waals surface area contributed by atoms with Crippen LogP contribution in [-0.2, 0) is 6.54 Å². The zero-order chi connectivity index (χ0) is 25.9. The first-order valence-electron chi connectivity index (χ1n) is 11.5. The van der Waals surface area contributed by atoms with Gasteiger partial charge in [0.2, 0.25) is 0 Å². The number of anilines is 2. The van der Waals surface area contributed by atoms with Gasteiger partial charge >= 0.3 is 12.1 Å². The molecule has 1 fully saturated rings. The lowest BCUT2D eigenvalue weighted by molar-refractivity contribution is -0.0955. The first-order valence-corrected chi connectivity index (χ1v) is 11.5. The van der Waals surface area contributed by atoms with Crippen molar-refractivity contribution in [1.29, 1.82) is 0 Å². The van der Waals surface area contributed by atoms with Gasteiger partial charge < -0.3 is 19.7 Å². The van der Waals surface area contributed by atoms with E-state index >= 15 is 0 Å². The maximum absolute atomic E-state index is 13.9. The molecule has 0 saturated carbocycles. The third-order valence-electron chi connectivity index (χ3n) is 6.32. The van der Waals surface area contributed by atoms with Crippen LogP contribution in [0.3, 0.4) is 0 Å². The van der Waals surface area contributed by atoms with Crippen molar-refractivity contribution in [3.05, 3.63) is 84.4 Å². The molecular weight excluding hydrogens is 460 g/mol. The van der Waals surface area contributed by atoms with Crippen LogP contribution in [0.4, 0.5) is 21.0 Å². The predicted octanol–water partition coefficient (Wildman–Crippen LogP) is 5.17. The van der Waals surface area contributed by atoms with Gasteiger partial charge in [0.25, 0.3) is 0 Å². The molecule has 1 atom stereocenters. The molecule has 4 rings (SSSR count). The summed E-state index contributed by atoms with van der Waals surface area (Å²) in [6.07, 6.45) is -1.03. The van der Waals surface area contributed by atoms with Crippen LogP contribution in [0, 0.1) is 0 Å². The third kappa shape index (κ3) is 4.52. The SMILES string of the molecule is COc1cccc(CN2C(=O)N(c3ccccc3)[C@H](N(O)C(=O)Nc3ccccc3)C2(C)C)c1OC. The molecule has 1 saturated heterocycles. The Balaban J connectivity index is 1.73. The second kappa shape index (κ2) is 10.2. The number of nitrogens with zero attached hydrogens (tertiary/aromatic N) is 3. The highest BCUT2D eigenvalue weighted by molar-refractivity contribution is 5.98. The Morgan fingerprint density at radius 2 is 1.61 bits per heavy atom.